The van der Waals surface area contributed by atoms with E-state index in [0.29, 0.717) is 0 Å². The molecule has 2 unspecified atom stereocenters. The number of rotatable bonds is 2. The number of halogens is 4. The molecule has 0 saturated carbocycles. The number of alkyl halides is 3. The van der Waals surface area contributed by atoms with E-state index in [-0.39, 0.29) is 12.4 Å². The Morgan fingerprint density at radius 2 is 2.00 bits per heavy atom. The van der Waals surface area contributed by atoms with Crippen molar-refractivity contribution in [3.63, 3.8) is 0 Å². The van der Waals surface area contributed by atoms with Gasteiger partial charge in [0.15, 0.2) is 0 Å². The van der Waals surface area contributed by atoms with E-state index < -0.39 is 29.6 Å². The Balaban J connectivity index is 0.00000196. The molecule has 1 aliphatic rings. The number of nitrogens with two attached hydrogens (primary N) is 1. The lowest BCUT2D eigenvalue weighted by molar-refractivity contribution is 0.0904. The standard InChI is InChI=1S/C10H14F3N.ClH/c1-6(14)7-4-3-5-8(9(11)12)10(7,2)13;/h3-7,9H,14H2,1-2H3;1H/t6-,7?,10?;/m1./s1. The van der Waals surface area contributed by atoms with Gasteiger partial charge in [0.1, 0.15) is 5.67 Å². The van der Waals surface area contributed by atoms with Gasteiger partial charge in [-0.3, -0.25) is 0 Å². The fraction of sp³-hybridized carbons (Fsp3) is 0.600. The summed E-state index contributed by atoms with van der Waals surface area (Å²) in [6.45, 7) is 2.77. The summed E-state index contributed by atoms with van der Waals surface area (Å²) in [7, 11) is 0. The van der Waals surface area contributed by atoms with Gasteiger partial charge < -0.3 is 5.73 Å². The van der Waals surface area contributed by atoms with Gasteiger partial charge in [-0.1, -0.05) is 18.2 Å². The van der Waals surface area contributed by atoms with Gasteiger partial charge in [-0.2, -0.15) is 0 Å². The van der Waals surface area contributed by atoms with Gasteiger partial charge >= 0.3 is 0 Å². The highest BCUT2D eigenvalue weighted by Crippen LogP contribution is 2.38. The van der Waals surface area contributed by atoms with E-state index >= 15 is 0 Å². The van der Waals surface area contributed by atoms with E-state index in [1.165, 1.54) is 12.2 Å². The largest absolute Gasteiger partial charge is 0.327 e. The highest BCUT2D eigenvalue weighted by Gasteiger charge is 2.43. The minimum Gasteiger partial charge on any atom is -0.327 e. The lowest BCUT2D eigenvalue weighted by Crippen LogP contribution is -2.44. The van der Waals surface area contributed by atoms with Crippen molar-refractivity contribution in [1.29, 1.82) is 0 Å². The van der Waals surface area contributed by atoms with E-state index in [9.17, 15) is 13.2 Å². The molecule has 2 N–H and O–H groups in total. The molecule has 1 rings (SSSR count). The van der Waals surface area contributed by atoms with Gasteiger partial charge in [-0.15, -0.1) is 12.4 Å². The van der Waals surface area contributed by atoms with Crippen LogP contribution in [0.15, 0.2) is 23.8 Å². The maximum atomic E-state index is 14.0. The van der Waals surface area contributed by atoms with Crippen molar-refractivity contribution in [1.82, 2.24) is 0 Å². The van der Waals surface area contributed by atoms with Crippen LogP contribution < -0.4 is 5.73 Å². The van der Waals surface area contributed by atoms with Crippen LogP contribution in [0, 0.1) is 5.92 Å². The summed E-state index contributed by atoms with van der Waals surface area (Å²) >= 11 is 0. The number of allylic oxidation sites excluding steroid dienone is 3. The molecule has 3 atom stereocenters. The molecule has 0 fully saturated rings. The highest BCUT2D eigenvalue weighted by molar-refractivity contribution is 5.85. The smallest absolute Gasteiger partial charge is 0.263 e. The van der Waals surface area contributed by atoms with E-state index in [2.05, 4.69) is 0 Å². The van der Waals surface area contributed by atoms with Crippen molar-refractivity contribution >= 4 is 12.4 Å². The first-order valence-electron chi connectivity index (χ1n) is 4.49. The molecule has 0 aromatic carbocycles. The summed E-state index contributed by atoms with van der Waals surface area (Å²) in [5, 5.41) is 0. The van der Waals surface area contributed by atoms with Crippen LogP contribution >= 0.6 is 12.4 Å². The second kappa shape index (κ2) is 5.03. The quantitative estimate of drug-likeness (QED) is 0.791. The van der Waals surface area contributed by atoms with E-state index in [1.54, 1.807) is 6.92 Å². The zero-order chi connectivity index (χ0) is 10.9. The monoisotopic (exact) mass is 241 g/mol. The van der Waals surface area contributed by atoms with Crippen LogP contribution in [0.4, 0.5) is 13.2 Å². The second-order valence-electron chi connectivity index (χ2n) is 3.77. The third-order valence-corrected chi connectivity index (χ3v) is 2.59. The topological polar surface area (TPSA) is 26.0 Å². The summed E-state index contributed by atoms with van der Waals surface area (Å²) in [6, 6.07) is -0.483. The van der Waals surface area contributed by atoms with Crippen molar-refractivity contribution in [3.8, 4) is 0 Å². The first-order chi connectivity index (χ1) is 6.37. The molecule has 0 amide bonds. The zero-order valence-electron chi connectivity index (χ0n) is 8.58. The average Bonchev–Trinajstić information content (AvgIpc) is 2.01. The van der Waals surface area contributed by atoms with Crippen molar-refractivity contribution in [2.24, 2.45) is 11.7 Å². The molecule has 0 heterocycles. The maximum Gasteiger partial charge on any atom is 0.263 e. The molecule has 1 aliphatic carbocycles. The van der Waals surface area contributed by atoms with Crippen LogP contribution in [-0.2, 0) is 0 Å². The van der Waals surface area contributed by atoms with E-state index in [4.69, 9.17) is 5.73 Å². The second-order valence-corrected chi connectivity index (χ2v) is 3.77. The Morgan fingerprint density at radius 3 is 2.40 bits per heavy atom. The van der Waals surface area contributed by atoms with Gasteiger partial charge in [0, 0.05) is 17.5 Å². The van der Waals surface area contributed by atoms with Gasteiger partial charge in [0.25, 0.3) is 6.43 Å². The van der Waals surface area contributed by atoms with Crippen molar-refractivity contribution in [3.05, 3.63) is 23.8 Å². The lowest BCUT2D eigenvalue weighted by Gasteiger charge is -2.35. The Labute approximate surface area is 93.6 Å². The van der Waals surface area contributed by atoms with Crippen LogP contribution in [0.25, 0.3) is 0 Å². The Hall–Kier alpha value is -0.480. The molecule has 88 valence electrons. The van der Waals surface area contributed by atoms with Crippen LogP contribution in [0.3, 0.4) is 0 Å². The minimum absolute atomic E-state index is 0. The van der Waals surface area contributed by atoms with Gasteiger partial charge in [-0.05, 0) is 13.8 Å². The fourth-order valence-corrected chi connectivity index (χ4v) is 1.77. The Kier molecular flexibility index (Phi) is 4.87. The molecular weight excluding hydrogens is 227 g/mol. The first-order valence-corrected chi connectivity index (χ1v) is 4.49. The van der Waals surface area contributed by atoms with Gasteiger partial charge in [0.2, 0.25) is 0 Å². The molecule has 0 saturated heterocycles. The summed E-state index contributed by atoms with van der Waals surface area (Å²) in [4.78, 5) is 0. The molecule has 5 heteroatoms. The number of hydrogen-bond acceptors (Lipinski definition) is 1. The van der Waals surface area contributed by atoms with Crippen LogP contribution in [-0.4, -0.2) is 18.1 Å². The lowest BCUT2D eigenvalue weighted by atomic mass is 9.77. The maximum absolute atomic E-state index is 14.0. The molecule has 0 aromatic rings. The van der Waals surface area contributed by atoms with Crippen molar-refractivity contribution < 1.29 is 13.2 Å². The first kappa shape index (κ1) is 14.5. The van der Waals surface area contributed by atoms with Crippen molar-refractivity contribution in [2.45, 2.75) is 32.0 Å². The average molecular weight is 242 g/mol. The van der Waals surface area contributed by atoms with E-state index in [1.807, 2.05) is 0 Å². The Bertz CT molecular complexity index is 272. The van der Waals surface area contributed by atoms with Crippen LogP contribution in [0.1, 0.15) is 13.8 Å². The molecule has 0 aromatic heterocycles. The van der Waals surface area contributed by atoms with Crippen LogP contribution in [0.5, 0.6) is 0 Å². The Morgan fingerprint density at radius 1 is 1.47 bits per heavy atom. The third-order valence-electron chi connectivity index (χ3n) is 2.59. The van der Waals surface area contributed by atoms with Gasteiger partial charge in [-0.25, -0.2) is 13.2 Å². The highest BCUT2D eigenvalue weighted by atomic mass is 35.5. The van der Waals surface area contributed by atoms with E-state index in [0.717, 1.165) is 13.0 Å². The summed E-state index contributed by atoms with van der Waals surface area (Å²) in [5.74, 6) is -0.684. The molecule has 0 bridgehead atoms. The predicted molar refractivity (Wildman–Crippen MR) is 57.1 cm³/mol. The minimum atomic E-state index is -2.77. The molecule has 0 aliphatic heterocycles. The third kappa shape index (κ3) is 2.75. The molecule has 15 heavy (non-hydrogen) atoms. The molecule has 0 radical (unpaired) electrons. The zero-order valence-corrected chi connectivity index (χ0v) is 9.40. The fourth-order valence-electron chi connectivity index (χ4n) is 1.77. The molecular formula is C10H15ClF3N. The summed E-state index contributed by atoms with van der Waals surface area (Å²) in [5.41, 5.74) is 3.01. The van der Waals surface area contributed by atoms with Gasteiger partial charge in [0.05, 0.1) is 0 Å². The summed E-state index contributed by atoms with van der Waals surface area (Å²) in [6.07, 6.45) is 1.34. The van der Waals surface area contributed by atoms with Crippen molar-refractivity contribution in [2.75, 3.05) is 0 Å². The number of hydrogen-bond donors (Lipinski definition) is 1. The molecule has 1 nitrogen and oxygen atoms in total. The summed E-state index contributed by atoms with van der Waals surface area (Å²) < 4.78 is 39.0. The molecule has 0 spiro atoms. The normalized spacial score (nSPS) is 32.2. The SMILES string of the molecule is C[C@@H](N)C1C=CC=C(C(F)F)C1(C)F.Cl. The van der Waals surface area contributed by atoms with Crippen LogP contribution in [0.2, 0.25) is 0 Å². The predicted octanol–water partition coefficient (Wildman–Crippen LogP) is 2.86.